The van der Waals surface area contributed by atoms with Crippen LogP contribution in [0.1, 0.15) is 50.5 Å². The highest BCUT2D eigenvalue weighted by atomic mass is 16.5. The predicted octanol–water partition coefficient (Wildman–Crippen LogP) is 7.09. The van der Waals surface area contributed by atoms with Crippen LogP contribution >= 0.6 is 0 Å². The highest BCUT2D eigenvalue weighted by molar-refractivity contribution is 6.02. The van der Waals surface area contributed by atoms with Crippen molar-refractivity contribution in [2.45, 2.75) is 32.4 Å². The summed E-state index contributed by atoms with van der Waals surface area (Å²) in [5.74, 6) is 0.532. The van der Waals surface area contributed by atoms with Crippen LogP contribution in [0.25, 0.3) is 16.6 Å². The van der Waals surface area contributed by atoms with E-state index < -0.39 is 12.1 Å². The van der Waals surface area contributed by atoms with Gasteiger partial charge in [-0.25, -0.2) is 0 Å². The van der Waals surface area contributed by atoms with Gasteiger partial charge < -0.3 is 14.5 Å². The van der Waals surface area contributed by atoms with E-state index in [1.165, 1.54) is 5.56 Å². The van der Waals surface area contributed by atoms with Gasteiger partial charge in [-0.3, -0.25) is 9.59 Å². The summed E-state index contributed by atoms with van der Waals surface area (Å²) in [6, 6.07) is 28.8. The van der Waals surface area contributed by atoms with E-state index in [1.807, 2.05) is 109 Å². The molecule has 3 aromatic carbocycles. The first-order valence-corrected chi connectivity index (χ1v) is 12.9. The lowest BCUT2D eigenvalue weighted by Crippen LogP contribution is -2.41. The van der Waals surface area contributed by atoms with Gasteiger partial charge in [-0.15, -0.1) is 0 Å². The van der Waals surface area contributed by atoms with Crippen LogP contribution in [0.2, 0.25) is 0 Å². The van der Waals surface area contributed by atoms with Crippen molar-refractivity contribution in [1.29, 1.82) is 0 Å². The Bertz CT molecular complexity index is 1650. The number of benzene rings is 3. The van der Waals surface area contributed by atoms with Crippen LogP contribution in [0.4, 0.5) is 5.69 Å². The van der Waals surface area contributed by atoms with E-state index in [2.05, 4.69) is 12.2 Å². The Morgan fingerprint density at radius 1 is 0.974 bits per heavy atom. The van der Waals surface area contributed by atoms with Gasteiger partial charge in [0.1, 0.15) is 5.75 Å². The van der Waals surface area contributed by atoms with E-state index in [0.29, 0.717) is 17.0 Å². The van der Waals surface area contributed by atoms with Crippen LogP contribution in [0.3, 0.4) is 0 Å². The molecule has 0 radical (unpaired) electrons. The van der Waals surface area contributed by atoms with E-state index in [-0.39, 0.29) is 5.78 Å². The summed E-state index contributed by atoms with van der Waals surface area (Å²) < 4.78 is 8.42. The Morgan fingerprint density at radius 2 is 1.74 bits per heavy atom. The molecule has 1 aliphatic rings. The molecule has 0 saturated heterocycles. The summed E-state index contributed by atoms with van der Waals surface area (Å²) >= 11 is 0. The molecule has 5 aromatic rings. The van der Waals surface area contributed by atoms with E-state index in [9.17, 15) is 9.59 Å². The number of nitrogens with zero attached hydrogens (tertiary/aromatic N) is 1. The number of fused-ring (bicyclic) bond motifs is 2. The number of anilines is 1. The highest BCUT2D eigenvalue weighted by Crippen LogP contribution is 2.44. The average Bonchev–Trinajstić information content (AvgIpc) is 3.31. The Labute approximate surface area is 221 Å². The van der Waals surface area contributed by atoms with E-state index in [0.717, 1.165) is 46.2 Å². The first-order chi connectivity index (χ1) is 18.6. The molecule has 0 amide bonds. The molecule has 5 heteroatoms. The Hall–Kier alpha value is -4.64. The van der Waals surface area contributed by atoms with Gasteiger partial charge in [0.05, 0.1) is 22.9 Å². The minimum absolute atomic E-state index is 0.112. The topological polar surface area (TPSA) is 59.8 Å². The molecule has 188 valence electrons. The molecule has 0 bridgehead atoms. The fraction of sp³-hybridized carbons (Fsp3) is 0.152. The van der Waals surface area contributed by atoms with Crippen LogP contribution < -0.4 is 10.1 Å². The quantitative estimate of drug-likeness (QED) is 0.200. The van der Waals surface area contributed by atoms with Crippen molar-refractivity contribution in [2.75, 3.05) is 5.32 Å². The minimum Gasteiger partial charge on any atom is -0.478 e. The zero-order chi connectivity index (χ0) is 26.2. The van der Waals surface area contributed by atoms with E-state index in [4.69, 9.17) is 4.74 Å². The predicted molar refractivity (Wildman–Crippen MR) is 150 cm³/mol. The number of carbonyl (C=O) groups excluding carboxylic acids is 2. The zero-order valence-corrected chi connectivity index (χ0v) is 21.3. The van der Waals surface area contributed by atoms with Crippen molar-refractivity contribution in [3.63, 3.8) is 0 Å². The van der Waals surface area contributed by atoms with Crippen LogP contribution in [-0.2, 0) is 6.42 Å². The largest absolute Gasteiger partial charge is 0.478 e. The third-order valence-electron chi connectivity index (χ3n) is 7.32. The number of pyridine rings is 1. The molecule has 1 N–H and O–H groups in total. The average molecular weight is 501 g/mol. The second kappa shape index (κ2) is 9.67. The summed E-state index contributed by atoms with van der Waals surface area (Å²) in [4.78, 5) is 26.6. The Kier molecular flexibility index (Phi) is 6.04. The molecule has 2 atom stereocenters. The number of hydrogen-bond donors (Lipinski definition) is 1. The number of aromatic nitrogens is 1. The fourth-order valence-corrected chi connectivity index (χ4v) is 5.39. The number of nitrogens with one attached hydrogen (secondary N) is 1. The first-order valence-electron chi connectivity index (χ1n) is 12.9. The molecule has 3 heterocycles. The van der Waals surface area contributed by atoms with Gasteiger partial charge >= 0.3 is 0 Å². The maximum Gasteiger partial charge on any atom is 0.205 e. The molecule has 0 fully saturated rings. The summed E-state index contributed by atoms with van der Waals surface area (Å²) in [6.07, 6.45) is 2.83. The maximum atomic E-state index is 14.1. The summed E-state index contributed by atoms with van der Waals surface area (Å²) in [7, 11) is 0. The smallest absolute Gasteiger partial charge is 0.205 e. The van der Waals surface area contributed by atoms with E-state index >= 15 is 0 Å². The number of ketones is 1. The maximum absolute atomic E-state index is 14.1. The van der Waals surface area contributed by atoms with Crippen molar-refractivity contribution >= 4 is 23.3 Å². The van der Waals surface area contributed by atoms with Crippen molar-refractivity contribution in [3.8, 4) is 16.9 Å². The van der Waals surface area contributed by atoms with Crippen molar-refractivity contribution in [3.05, 3.63) is 125 Å². The molecule has 0 aliphatic carbocycles. The SMILES string of the molecule is CCc1ccc(C(=O)[C@@H]2Oc3cc(C)ccc3N[C@H]2c2c(-c3ccccc3)c(C=O)n3ccccc23)cc1. The third-order valence-corrected chi connectivity index (χ3v) is 7.32. The van der Waals surface area contributed by atoms with Crippen molar-refractivity contribution < 1.29 is 14.3 Å². The third kappa shape index (κ3) is 3.97. The second-order valence-corrected chi connectivity index (χ2v) is 9.69. The van der Waals surface area contributed by atoms with Crippen LogP contribution in [-0.4, -0.2) is 22.6 Å². The Balaban J connectivity index is 1.59. The van der Waals surface area contributed by atoms with Gasteiger partial charge in [0.2, 0.25) is 5.78 Å². The lowest BCUT2D eigenvalue weighted by atomic mass is 9.88. The molecule has 5 nitrogen and oxygen atoms in total. The normalized spacial score (nSPS) is 16.4. The summed E-state index contributed by atoms with van der Waals surface area (Å²) in [5.41, 5.74) is 7.57. The standard InChI is InChI=1S/C33H28N2O3/c1-3-22-13-15-24(16-14-22)32(37)33-31(34-25-17-12-21(2)19-28(25)38-33)30-26-11-7-8-18-35(26)27(20-36)29(30)23-9-5-4-6-10-23/h4-20,31,33-34H,3H2,1-2H3/t31-,33+/m0/s1. The van der Waals surface area contributed by atoms with Gasteiger partial charge in [0.25, 0.3) is 0 Å². The van der Waals surface area contributed by atoms with Gasteiger partial charge in [-0.2, -0.15) is 0 Å². The number of rotatable bonds is 6. The number of ether oxygens (including phenoxy) is 1. The first kappa shape index (κ1) is 23.7. The van der Waals surface area contributed by atoms with Crippen LogP contribution in [0.15, 0.2) is 97.2 Å². The highest BCUT2D eigenvalue weighted by Gasteiger charge is 2.40. The zero-order valence-electron chi connectivity index (χ0n) is 21.3. The summed E-state index contributed by atoms with van der Waals surface area (Å²) in [6.45, 7) is 4.09. The van der Waals surface area contributed by atoms with Crippen molar-refractivity contribution in [1.82, 2.24) is 4.40 Å². The lowest BCUT2D eigenvalue weighted by Gasteiger charge is -2.35. The lowest BCUT2D eigenvalue weighted by molar-refractivity contribution is 0.0746. The van der Waals surface area contributed by atoms with E-state index in [1.54, 1.807) is 0 Å². The van der Waals surface area contributed by atoms with Gasteiger partial charge in [-0.05, 0) is 54.3 Å². The Morgan fingerprint density at radius 3 is 2.47 bits per heavy atom. The molecule has 6 rings (SSSR count). The minimum atomic E-state index is -0.842. The van der Waals surface area contributed by atoms with Gasteiger partial charge in [0.15, 0.2) is 12.4 Å². The van der Waals surface area contributed by atoms with Gasteiger partial charge in [-0.1, -0.05) is 73.7 Å². The summed E-state index contributed by atoms with van der Waals surface area (Å²) in [5, 5.41) is 3.63. The number of carbonyl (C=O) groups is 2. The molecule has 0 unspecified atom stereocenters. The molecule has 2 aromatic heterocycles. The van der Waals surface area contributed by atoms with Crippen LogP contribution in [0, 0.1) is 6.92 Å². The number of hydrogen-bond acceptors (Lipinski definition) is 4. The number of aldehydes is 1. The molecule has 0 saturated carbocycles. The number of aryl methyl sites for hydroxylation is 2. The van der Waals surface area contributed by atoms with Crippen LogP contribution in [0.5, 0.6) is 5.75 Å². The van der Waals surface area contributed by atoms with Gasteiger partial charge in [0, 0.05) is 22.9 Å². The molecule has 1 aliphatic heterocycles. The monoisotopic (exact) mass is 500 g/mol. The molecule has 0 spiro atoms. The fourth-order valence-electron chi connectivity index (χ4n) is 5.39. The second-order valence-electron chi connectivity index (χ2n) is 9.69. The van der Waals surface area contributed by atoms with Crippen molar-refractivity contribution in [2.24, 2.45) is 0 Å². The molecular formula is C33H28N2O3. The molecule has 38 heavy (non-hydrogen) atoms. The number of Topliss-reactive ketones (excluding diaryl/α,β-unsaturated/α-hetero) is 1. The molecular weight excluding hydrogens is 472 g/mol.